The molecule has 2 unspecified atom stereocenters. The smallest absolute Gasteiger partial charge is 0.237 e. The number of amides is 1. The summed E-state index contributed by atoms with van der Waals surface area (Å²) in [7, 11) is -2.99. The van der Waals surface area contributed by atoms with Crippen molar-refractivity contribution in [3.05, 3.63) is 0 Å². The third-order valence-corrected chi connectivity index (χ3v) is 4.91. The SMILES string of the molecule is CCS(=O)(=O)CCNC(=O)C1NCCCC1C. The van der Waals surface area contributed by atoms with Gasteiger partial charge in [0.05, 0.1) is 11.8 Å². The minimum Gasteiger partial charge on any atom is -0.354 e. The minimum absolute atomic E-state index is 0.0241. The van der Waals surface area contributed by atoms with Crippen LogP contribution in [0.25, 0.3) is 0 Å². The normalized spacial score (nSPS) is 25.5. The molecule has 1 heterocycles. The molecular weight excluding hydrogens is 240 g/mol. The van der Waals surface area contributed by atoms with Crippen LogP contribution in [-0.4, -0.2) is 45.0 Å². The van der Waals surface area contributed by atoms with Crippen molar-refractivity contribution in [3.8, 4) is 0 Å². The average Bonchev–Trinajstić information content (AvgIpc) is 2.29. The molecule has 100 valence electrons. The highest BCUT2D eigenvalue weighted by Gasteiger charge is 2.27. The molecule has 2 N–H and O–H groups in total. The quantitative estimate of drug-likeness (QED) is 0.727. The fraction of sp³-hybridized carbons (Fsp3) is 0.909. The number of rotatable bonds is 5. The maximum absolute atomic E-state index is 11.8. The predicted molar refractivity (Wildman–Crippen MR) is 67.5 cm³/mol. The van der Waals surface area contributed by atoms with Crippen LogP contribution in [0.4, 0.5) is 0 Å². The maximum Gasteiger partial charge on any atom is 0.237 e. The van der Waals surface area contributed by atoms with E-state index in [2.05, 4.69) is 10.6 Å². The summed E-state index contributed by atoms with van der Waals surface area (Å²) in [6, 6.07) is -0.173. The fourth-order valence-electron chi connectivity index (χ4n) is 1.98. The van der Waals surface area contributed by atoms with Gasteiger partial charge < -0.3 is 10.6 Å². The highest BCUT2D eigenvalue weighted by molar-refractivity contribution is 7.91. The number of nitrogens with one attached hydrogen (secondary N) is 2. The van der Waals surface area contributed by atoms with E-state index in [1.807, 2.05) is 6.92 Å². The van der Waals surface area contributed by atoms with E-state index < -0.39 is 9.84 Å². The highest BCUT2D eigenvalue weighted by Crippen LogP contribution is 2.15. The van der Waals surface area contributed by atoms with Gasteiger partial charge >= 0.3 is 0 Å². The van der Waals surface area contributed by atoms with Gasteiger partial charge in [-0.15, -0.1) is 0 Å². The van der Waals surface area contributed by atoms with E-state index in [-0.39, 0.29) is 30.0 Å². The lowest BCUT2D eigenvalue weighted by Crippen LogP contribution is -2.51. The second kappa shape index (κ2) is 6.35. The summed E-state index contributed by atoms with van der Waals surface area (Å²) in [4.78, 5) is 11.8. The van der Waals surface area contributed by atoms with Crippen molar-refractivity contribution < 1.29 is 13.2 Å². The lowest BCUT2D eigenvalue weighted by atomic mass is 9.92. The molecular formula is C11H22N2O3S. The van der Waals surface area contributed by atoms with Crippen LogP contribution in [0.15, 0.2) is 0 Å². The van der Waals surface area contributed by atoms with E-state index in [1.165, 1.54) is 0 Å². The molecule has 0 saturated carbocycles. The summed E-state index contributed by atoms with van der Waals surface area (Å²) in [6.45, 7) is 4.72. The summed E-state index contributed by atoms with van der Waals surface area (Å²) in [5, 5.41) is 5.86. The van der Waals surface area contributed by atoms with Gasteiger partial charge in [-0.2, -0.15) is 0 Å². The van der Waals surface area contributed by atoms with Gasteiger partial charge in [-0.25, -0.2) is 8.42 Å². The Hall–Kier alpha value is -0.620. The van der Waals surface area contributed by atoms with Crippen LogP contribution in [0.1, 0.15) is 26.7 Å². The van der Waals surface area contributed by atoms with Crippen molar-refractivity contribution in [2.45, 2.75) is 32.7 Å². The summed E-state index contributed by atoms with van der Waals surface area (Å²) in [5.41, 5.74) is 0. The molecule has 5 nitrogen and oxygen atoms in total. The van der Waals surface area contributed by atoms with Crippen LogP contribution in [-0.2, 0) is 14.6 Å². The molecule has 1 aliphatic rings. The molecule has 2 atom stereocenters. The number of hydrogen-bond donors (Lipinski definition) is 2. The molecule has 17 heavy (non-hydrogen) atoms. The molecule has 1 aliphatic heterocycles. The van der Waals surface area contributed by atoms with Crippen molar-refractivity contribution in [3.63, 3.8) is 0 Å². The van der Waals surface area contributed by atoms with E-state index in [1.54, 1.807) is 6.92 Å². The van der Waals surface area contributed by atoms with Crippen molar-refractivity contribution in [2.24, 2.45) is 5.92 Å². The molecule has 1 rings (SSSR count). The second-order valence-corrected chi connectivity index (χ2v) is 7.05. The molecule has 0 aromatic carbocycles. The van der Waals surface area contributed by atoms with E-state index >= 15 is 0 Å². The van der Waals surface area contributed by atoms with Gasteiger partial charge in [-0.05, 0) is 25.3 Å². The van der Waals surface area contributed by atoms with Gasteiger partial charge in [-0.1, -0.05) is 13.8 Å². The molecule has 6 heteroatoms. The number of sulfone groups is 1. The van der Waals surface area contributed by atoms with Gasteiger partial charge in [0, 0.05) is 12.3 Å². The Morgan fingerprint density at radius 2 is 2.18 bits per heavy atom. The first-order chi connectivity index (χ1) is 7.96. The fourth-order valence-corrected chi connectivity index (χ4v) is 2.69. The van der Waals surface area contributed by atoms with Crippen LogP contribution < -0.4 is 10.6 Å². The Balaban J connectivity index is 2.34. The predicted octanol–water partition coefficient (Wildman–Crippen LogP) is -0.0746. The number of carbonyl (C=O) groups excluding carboxylic acids is 1. The van der Waals surface area contributed by atoms with Crippen molar-refractivity contribution in [1.29, 1.82) is 0 Å². The monoisotopic (exact) mass is 262 g/mol. The van der Waals surface area contributed by atoms with Gasteiger partial charge in [0.1, 0.15) is 0 Å². The van der Waals surface area contributed by atoms with Gasteiger partial charge in [0.15, 0.2) is 9.84 Å². The lowest BCUT2D eigenvalue weighted by molar-refractivity contribution is -0.124. The van der Waals surface area contributed by atoms with E-state index in [0.717, 1.165) is 19.4 Å². The number of hydrogen-bond acceptors (Lipinski definition) is 4. The van der Waals surface area contributed by atoms with Gasteiger partial charge in [-0.3, -0.25) is 4.79 Å². The lowest BCUT2D eigenvalue weighted by Gasteiger charge is -2.28. The molecule has 0 aromatic heterocycles. The second-order valence-electron chi connectivity index (χ2n) is 4.58. The maximum atomic E-state index is 11.8. The zero-order valence-corrected chi connectivity index (χ0v) is 11.3. The van der Waals surface area contributed by atoms with Crippen LogP contribution in [0.5, 0.6) is 0 Å². The summed E-state index contributed by atoms with van der Waals surface area (Å²) >= 11 is 0. The zero-order chi connectivity index (χ0) is 12.9. The number of carbonyl (C=O) groups is 1. The van der Waals surface area contributed by atoms with Crippen LogP contribution >= 0.6 is 0 Å². The van der Waals surface area contributed by atoms with Crippen LogP contribution in [0.2, 0.25) is 0 Å². The topological polar surface area (TPSA) is 75.3 Å². The highest BCUT2D eigenvalue weighted by atomic mass is 32.2. The molecule has 0 bridgehead atoms. The molecule has 0 aliphatic carbocycles. The largest absolute Gasteiger partial charge is 0.354 e. The Kier molecular flexibility index (Phi) is 5.39. The van der Waals surface area contributed by atoms with Gasteiger partial charge in [0.2, 0.25) is 5.91 Å². The van der Waals surface area contributed by atoms with E-state index in [9.17, 15) is 13.2 Å². The Morgan fingerprint density at radius 1 is 1.47 bits per heavy atom. The summed E-state index contributed by atoms with van der Waals surface area (Å²) < 4.78 is 22.5. The first-order valence-electron chi connectivity index (χ1n) is 6.18. The first-order valence-corrected chi connectivity index (χ1v) is 8.00. The molecule has 0 spiro atoms. The Bertz CT molecular complexity index is 354. The average molecular weight is 262 g/mol. The molecule has 1 fully saturated rings. The van der Waals surface area contributed by atoms with Crippen LogP contribution in [0, 0.1) is 5.92 Å². The zero-order valence-electron chi connectivity index (χ0n) is 10.5. The summed E-state index contributed by atoms with van der Waals surface area (Å²) in [6.07, 6.45) is 2.13. The molecule has 1 saturated heterocycles. The molecule has 0 radical (unpaired) electrons. The Labute approximate surface area is 103 Å². The summed E-state index contributed by atoms with van der Waals surface area (Å²) in [5.74, 6) is 0.382. The van der Waals surface area contributed by atoms with Crippen LogP contribution in [0.3, 0.4) is 0 Å². The standard InChI is InChI=1S/C11H22N2O3S/c1-3-17(15,16)8-7-13-11(14)10-9(2)5-4-6-12-10/h9-10,12H,3-8H2,1-2H3,(H,13,14). The van der Waals surface area contributed by atoms with Gasteiger partial charge in [0.25, 0.3) is 0 Å². The number of piperidine rings is 1. The molecule has 0 aromatic rings. The van der Waals surface area contributed by atoms with Crippen molar-refractivity contribution >= 4 is 15.7 Å². The first kappa shape index (κ1) is 14.4. The Morgan fingerprint density at radius 3 is 2.76 bits per heavy atom. The van der Waals surface area contributed by atoms with E-state index in [4.69, 9.17) is 0 Å². The van der Waals surface area contributed by atoms with E-state index in [0.29, 0.717) is 5.92 Å². The van der Waals surface area contributed by atoms with Crippen molar-refractivity contribution in [1.82, 2.24) is 10.6 Å². The third-order valence-electron chi connectivity index (χ3n) is 3.20. The third kappa shape index (κ3) is 4.63. The minimum atomic E-state index is -2.99. The van der Waals surface area contributed by atoms with Crippen molar-refractivity contribution in [2.75, 3.05) is 24.6 Å². The molecule has 1 amide bonds.